The number of nitrogens with zero attached hydrogens (tertiary/aromatic N) is 2. The Labute approximate surface area is 143 Å². The molecule has 0 aliphatic rings. The summed E-state index contributed by atoms with van der Waals surface area (Å²) in [5, 5.41) is 9.34. The summed E-state index contributed by atoms with van der Waals surface area (Å²) in [6, 6.07) is 29.3. The van der Waals surface area contributed by atoms with Gasteiger partial charge in [-0.25, -0.2) is 0 Å². The van der Waals surface area contributed by atoms with E-state index in [1.807, 2.05) is 31.2 Å². The maximum Gasteiger partial charge on any atom is 0.0995 e. The third kappa shape index (κ3) is 3.83. The Morgan fingerprint density at radius 1 is 0.792 bits per heavy atom. The third-order valence-electron chi connectivity index (χ3n) is 4.14. The standard InChI is InChI=1S/C22H20N2/c1-18-12-13-22(14-21(18)15-23)24(16-19-8-4-2-5-9-19)17-20-10-6-3-7-11-20/h2-14H,16-17H2,1H3. The van der Waals surface area contributed by atoms with E-state index in [0.29, 0.717) is 0 Å². The molecule has 2 heteroatoms. The molecule has 118 valence electrons. The molecule has 0 saturated carbocycles. The van der Waals surface area contributed by atoms with E-state index in [1.54, 1.807) is 0 Å². The number of nitriles is 1. The van der Waals surface area contributed by atoms with Gasteiger partial charge in [-0.15, -0.1) is 0 Å². The van der Waals surface area contributed by atoms with Crippen molar-refractivity contribution in [2.45, 2.75) is 20.0 Å². The van der Waals surface area contributed by atoms with Crippen molar-refractivity contribution in [3.05, 3.63) is 101 Å². The maximum absolute atomic E-state index is 9.34. The highest BCUT2D eigenvalue weighted by Gasteiger charge is 2.10. The Kier molecular flexibility index (Phi) is 4.93. The van der Waals surface area contributed by atoms with Gasteiger partial charge in [0.1, 0.15) is 0 Å². The number of hydrogen-bond donors (Lipinski definition) is 0. The predicted octanol–water partition coefficient (Wildman–Crippen LogP) is 5.07. The van der Waals surface area contributed by atoms with E-state index in [1.165, 1.54) is 11.1 Å². The molecule has 0 atom stereocenters. The molecule has 24 heavy (non-hydrogen) atoms. The van der Waals surface area contributed by atoms with E-state index in [4.69, 9.17) is 0 Å². The van der Waals surface area contributed by atoms with Crippen LogP contribution in [0.15, 0.2) is 78.9 Å². The maximum atomic E-state index is 9.34. The fourth-order valence-electron chi connectivity index (χ4n) is 2.77. The fourth-order valence-corrected chi connectivity index (χ4v) is 2.77. The highest BCUT2D eigenvalue weighted by Crippen LogP contribution is 2.23. The van der Waals surface area contributed by atoms with Crippen LogP contribution in [0.3, 0.4) is 0 Å². The minimum atomic E-state index is 0.735. The van der Waals surface area contributed by atoms with Gasteiger partial charge >= 0.3 is 0 Å². The first-order chi connectivity index (χ1) is 11.8. The van der Waals surface area contributed by atoms with Crippen LogP contribution in [0.5, 0.6) is 0 Å². The summed E-state index contributed by atoms with van der Waals surface area (Å²) in [6.45, 7) is 3.59. The molecule has 3 aromatic rings. The van der Waals surface area contributed by atoms with Crippen molar-refractivity contribution in [3.8, 4) is 6.07 Å². The van der Waals surface area contributed by atoms with Crippen molar-refractivity contribution in [1.29, 1.82) is 5.26 Å². The summed E-state index contributed by atoms with van der Waals surface area (Å²) in [5.41, 5.74) is 5.34. The fraction of sp³-hybridized carbons (Fsp3) is 0.136. The molecule has 0 aromatic heterocycles. The smallest absolute Gasteiger partial charge is 0.0995 e. The first-order valence-electron chi connectivity index (χ1n) is 8.10. The van der Waals surface area contributed by atoms with Gasteiger partial charge in [-0.3, -0.25) is 0 Å². The number of aryl methyl sites for hydroxylation is 1. The molecule has 0 amide bonds. The molecule has 3 rings (SSSR count). The van der Waals surface area contributed by atoms with Gasteiger partial charge in [0, 0.05) is 18.8 Å². The summed E-state index contributed by atoms with van der Waals surface area (Å²) in [7, 11) is 0. The Morgan fingerprint density at radius 2 is 1.33 bits per heavy atom. The third-order valence-corrected chi connectivity index (χ3v) is 4.14. The summed E-state index contributed by atoms with van der Waals surface area (Å²) < 4.78 is 0. The molecule has 0 aliphatic heterocycles. The zero-order chi connectivity index (χ0) is 16.8. The van der Waals surface area contributed by atoms with Crippen molar-refractivity contribution in [2.24, 2.45) is 0 Å². The van der Waals surface area contributed by atoms with Crippen LogP contribution in [0.1, 0.15) is 22.3 Å². The number of benzene rings is 3. The summed E-state index contributed by atoms with van der Waals surface area (Å²) in [6.07, 6.45) is 0. The minimum absolute atomic E-state index is 0.735. The van der Waals surface area contributed by atoms with Crippen LogP contribution >= 0.6 is 0 Å². The van der Waals surface area contributed by atoms with Gasteiger partial charge in [-0.2, -0.15) is 5.26 Å². The highest BCUT2D eigenvalue weighted by molar-refractivity contribution is 5.55. The van der Waals surface area contributed by atoms with Gasteiger partial charge < -0.3 is 4.90 Å². The second-order valence-electron chi connectivity index (χ2n) is 5.94. The van der Waals surface area contributed by atoms with E-state index in [9.17, 15) is 5.26 Å². The quantitative estimate of drug-likeness (QED) is 0.657. The second kappa shape index (κ2) is 7.48. The van der Waals surface area contributed by atoms with E-state index >= 15 is 0 Å². The molecular weight excluding hydrogens is 292 g/mol. The Bertz CT molecular complexity index is 791. The molecule has 0 unspecified atom stereocenters. The zero-order valence-electron chi connectivity index (χ0n) is 13.8. The van der Waals surface area contributed by atoms with E-state index in [-0.39, 0.29) is 0 Å². The van der Waals surface area contributed by atoms with Crippen molar-refractivity contribution in [3.63, 3.8) is 0 Å². The highest BCUT2D eigenvalue weighted by atomic mass is 15.1. The molecule has 0 bridgehead atoms. The molecule has 0 heterocycles. The molecule has 2 nitrogen and oxygen atoms in total. The molecule has 0 radical (unpaired) electrons. The van der Waals surface area contributed by atoms with Gasteiger partial charge in [0.2, 0.25) is 0 Å². The van der Waals surface area contributed by atoms with Crippen LogP contribution in [-0.4, -0.2) is 0 Å². The number of hydrogen-bond acceptors (Lipinski definition) is 2. The number of rotatable bonds is 5. The van der Waals surface area contributed by atoms with Crippen molar-refractivity contribution in [2.75, 3.05) is 4.90 Å². The van der Waals surface area contributed by atoms with Gasteiger partial charge in [0.15, 0.2) is 0 Å². The van der Waals surface area contributed by atoms with Crippen LogP contribution in [-0.2, 0) is 13.1 Å². The van der Waals surface area contributed by atoms with Gasteiger partial charge in [-0.1, -0.05) is 66.7 Å². The first-order valence-corrected chi connectivity index (χ1v) is 8.10. The van der Waals surface area contributed by atoms with E-state index < -0.39 is 0 Å². The molecule has 0 spiro atoms. The Balaban J connectivity index is 1.93. The van der Waals surface area contributed by atoms with Crippen molar-refractivity contribution < 1.29 is 0 Å². The molecule has 0 aliphatic carbocycles. The van der Waals surface area contributed by atoms with Crippen molar-refractivity contribution in [1.82, 2.24) is 0 Å². The van der Waals surface area contributed by atoms with E-state index in [2.05, 4.69) is 65.6 Å². The van der Waals surface area contributed by atoms with Crippen LogP contribution in [0, 0.1) is 18.3 Å². The lowest BCUT2D eigenvalue weighted by Gasteiger charge is -2.26. The van der Waals surface area contributed by atoms with Crippen LogP contribution in [0.2, 0.25) is 0 Å². The SMILES string of the molecule is Cc1ccc(N(Cc2ccccc2)Cc2ccccc2)cc1C#N. The van der Waals surface area contributed by atoms with Crippen LogP contribution in [0.25, 0.3) is 0 Å². The number of anilines is 1. The van der Waals surface area contributed by atoms with Crippen LogP contribution < -0.4 is 4.90 Å². The monoisotopic (exact) mass is 312 g/mol. The largest absolute Gasteiger partial charge is 0.363 e. The second-order valence-corrected chi connectivity index (χ2v) is 5.94. The average molecular weight is 312 g/mol. The normalized spacial score (nSPS) is 10.2. The molecule has 0 fully saturated rings. The summed E-state index contributed by atoms with van der Waals surface area (Å²) >= 11 is 0. The average Bonchev–Trinajstić information content (AvgIpc) is 2.63. The zero-order valence-corrected chi connectivity index (χ0v) is 13.8. The summed E-state index contributed by atoms with van der Waals surface area (Å²) in [5.74, 6) is 0. The predicted molar refractivity (Wildman–Crippen MR) is 98.7 cm³/mol. The van der Waals surface area contributed by atoms with Gasteiger partial charge in [0.25, 0.3) is 0 Å². The topological polar surface area (TPSA) is 27.0 Å². The lowest BCUT2D eigenvalue weighted by molar-refractivity contribution is 0.799. The van der Waals surface area contributed by atoms with Crippen molar-refractivity contribution >= 4 is 5.69 Å². The van der Waals surface area contributed by atoms with Gasteiger partial charge in [0.05, 0.1) is 11.6 Å². The Hall–Kier alpha value is -3.05. The lowest BCUT2D eigenvalue weighted by atomic mass is 10.1. The van der Waals surface area contributed by atoms with Crippen LogP contribution in [0.4, 0.5) is 5.69 Å². The first kappa shape index (κ1) is 15.8. The minimum Gasteiger partial charge on any atom is -0.363 e. The van der Waals surface area contributed by atoms with E-state index in [0.717, 1.165) is 29.9 Å². The Morgan fingerprint density at radius 3 is 1.83 bits per heavy atom. The molecule has 3 aromatic carbocycles. The summed E-state index contributed by atoms with van der Waals surface area (Å²) in [4.78, 5) is 2.31. The lowest BCUT2D eigenvalue weighted by Crippen LogP contribution is -2.22. The molecule has 0 saturated heterocycles. The molecular formula is C22H20N2. The van der Waals surface area contributed by atoms with Gasteiger partial charge in [-0.05, 0) is 35.7 Å². The molecule has 0 N–H and O–H groups in total.